The Kier molecular flexibility index (Phi) is 3.39. The first-order valence-electron chi connectivity index (χ1n) is 5.67. The van der Waals surface area contributed by atoms with Gasteiger partial charge in [0.25, 0.3) is 0 Å². The molecule has 2 nitrogen and oxygen atoms in total. The average molecular weight is 205 g/mol. The lowest BCUT2D eigenvalue weighted by Gasteiger charge is -2.39. The quantitative estimate of drug-likeness (QED) is 0.809. The predicted molar refractivity (Wildman–Crippen MR) is 61.9 cm³/mol. The lowest BCUT2D eigenvalue weighted by atomic mass is 9.95. The predicted octanol–water partition coefficient (Wildman–Crippen LogP) is 1.71. The van der Waals surface area contributed by atoms with Gasteiger partial charge in [0.1, 0.15) is 0 Å². The Morgan fingerprint density at radius 3 is 2.60 bits per heavy atom. The zero-order valence-electron chi connectivity index (χ0n) is 9.26. The minimum Gasteiger partial charge on any atom is -0.396 e. The van der Waals surface area contributed by atoms with Crippen LogP contribution < -0.4 is 0 Å². The van der Waals surface area contributed by atoms with Crippen LogP contribution in [0.4, 0.5) is 0 Å². The molecule has 1 unspecified atom stereocenters. The lowest BCUT2D eigenvalue weighted by molar-refractivity contribution is 0.0503. The number of hydrogen-bond donors (Lipinski definition) is 1. The van der Waals surface area contributed by atoms with Gasteiger partial charge in [0.05, 0.1) is 0 Å². The maximum Gasteiger partial charge on any atom is 0.0483 e. The molecule has 0 bridgehead atoms. The fourth-order valence-electron chi connectivity index (χ4n) is 2.22. The third-order valence-electron chi connectivity index (χ3n) is 3.19. The van der Waals surface area contributed by atoms with Crippen LogP contribution in [0.25, 0.3) is 0 Å². The fourth-order valence-corrected chi connectivity index (χ4v) is 2.22. The topological polar surface area (TPSA) is 23.5 Å². The van der Waals surface area contributed by atoms with Gasteiger partial charge in [0.2, 0.25) is 0 Å². The SMILES string of the molecule is CC(CN1CC(CO)C1)c1ccccc1. The number of hydrogen-bond acceptors (Lipinski definition) is 2. The number of aliphatic hydroxyl groups excluding tert-OH is 1. The molecule has 0 spiro atoms. The van der Waals surface area contributed by atoms with Gasteiger partial charge in [-0.1, -0.05) is 37.3 Å². The summed E-state index contributed by atoms with van der Waals surface area (Å²) in [6.07, 6.45) is 0. The second kappa shape index (κ2) is 4.77. The molecule has 0 amide bonds. The van der Waals surface area contributed by atoms with Crippen molar-refractivity contribution in [1.29, 1.82) is 0 Å². The molecule has 0 aliphatic carbocycles. The van der Waals surface area contributed by atoms with Crippen molar-refractivity contribution in [3.8, 4) is 0 Å². The normalized spacial score (nSPS) is 19.9. The molecular formula is C13H19NO. The van der Waals surface area contributed by atoms with E-state index in [4.69, 9.17) is 5.11 Å². The first kappa shape index (κ1) is 10.7. The summed E-state index contributed by atoms with van der Waals surface area (Å²) in [7, 11) is 0. The number of benzene rings is 1. The Labute approximate surface area is 91.5 Å². The molecule has 1 aliphatic heterocycles. The van der Waals surface area contributed by atoms with Crippen LogP contribution in [0.3, 0.4) is 0 Å². The van der Waals surface area contributed by atoms with Gasteiger partial charge in [-0.2, -0.15) is 0 Å². The summed E-state index contributed by atoms with van der Waals surface area (Å²) in [6, 6.07) is 10.6. The van der Waals surface area contributed by atoms with Crippen LogP contribution in [0.5, 0.6) is 0 Å². The van der Waals surface area contributed by atoms with E-state index in [1.807, 2.05) is 0 Å². The molecular weight excluding hydrogens is 186 g/mol. The van der Waals surface area contributed by atoms with Crippen molar-refractivity contribution in [1.82, 2.24) is 4.90 Å². The standard InChI is InChI=1S/C13H19NO/c1-11(13-5-3-2-4-6-13)7-14-8-12(9-14)10-15/h2-6,11-12,15H,7-10H2,1H3. The van der Waals surface area contributed by atoms with E-state index < -0.39 is 0 Å². The minimum atomic E-state index is 0.343. The van der Waals surface area contributed by atoms with Gasteiger partial charge < -0.3 is 10.0 Å². The van der Waals surface area contributed by atoms with E-state index in [9.17, 15) is 0 Å². The number of likely N-dealkylation sites (tertiary alicyclic amines) is 1. The van der Waals surface area contributed by atoms with Crippen molar-refractivity contribution >= 4 is 0 Å². The molecule has 0 radical (unpaired) electrons. The average Bonchev–Trinajstić information content (AvgIpc) is 2.23. The monoisotopic (exact) mass is 205 g/mol. The summed E-state index contributed by atoms with van der Waals surface area (Å²) in [5.74, 6) is 1.11. The van der Waals surface area contributed by atoms with Crippen molar-refractivity contribution in [3.05, 3.63) is 35.9 Å². The molecule has 0 aromatic heterocycles. The number of rotatable bonds is 4. The van der Waals surface area contributed by atoms with E-state index in [2.05, 4.69) is 42.2 Å². The highest BCUT2D eigenvalue weighted by Gasteiger charge is 2.26. The molecule has 1 aliphatic rings. The van der Waals surface area contributed by atoms with E-state index >= 15 is 0 Å². The Hall–Kier alpha value is -0.860. The Balaban J connectivity index is 1.81. The van der Waals surface area contributed by atoms with E-state index in [-0.39, 0.29) is 0 Å². The molecule has 1 saturated heterocycles. The summed E-state index contributed by atoms with van der Waals surface area (Å²) in [4.78, 5) is 2.42. The molecule has 1 N–H and O–H groups in total. The fraction of sp³-hybridized carbons (Fsp3) is 0.538. The molecule has 1 aromatic carbocycles. The second-order valence-corrected chi connectivity index (χ2v) is 4.58. The van der Waals surface area contributed by atoms with Crippen LogP contribution in [0.1, 0.15) is 18.4 Å². The van der Waals surface area contributed by atoms with E-state index in [0.29, 0.717) is 18.4 Å². The van der Waals surface area contributed by atoms with E-state index in [1.54, 1.807) is 0 Å². The summed E-state index contributed by atoms with van der Waals surface area (Å²) >= 11 is 0. The molecule has 2 rings (SSSR count). The Morgan fingerprint density at radius 2 is 2.00 bits per heavy atom. The molecule has 1 aromatic rings. The maximum atomic E-state index is 8.93. The van der Waals surface area contributed by atoms with E-state index in [0.717, 1.165) is 19.6 Å². The zero-order chi connectivity index (χ0) is 10.7. The van der Waals surface area contributed by atoms with Crippen LogP contribution >= 0.6 is 0 Å². The van der Waals surface area contributed by atoms with Crippen molar-refractivity contribution in [2.75, 3.05) is 26.2 Å². The molecule has 1 heterocycles. The van der Waals surface area contributed by atoms with Crippen LogP contribution in [0.2, 0.25) is 0 Å². The van der Waals surface area contributed by atoms with Crippen molar-refractivity contribution in [2.45, 2.75) is 12.8 Å². The molecule has 1 fully saturated rings. The first-order chi connectivity index (χ1) is 7.29. The van der Waals surface area contributed by atoms with Crippen LogP contribution in [-0.4, -0.2) is 36.2 Å². The van der Waals surface area contributed by atoms with Crippen LogP contribution in [0, 0.1) is 5.92 Å². The van der Waals surface area contributed by atoms with Crippen molar-refractivity contribution in [2.24, 2.45) is 5.92 Å². The highest BCUT2D eigenvalue weighted by atomic mass is 16.3. The summed E-state index contributed by atoms with van der Waals surface area (Å²) in [5.41, 5.74) is 1.41. The smallest absolute Gasteiger partial charge is 0.0483 e. The Bertz CT molecular complexity index is 293. The minimum absolute atomic E-state index is 0.343. The van der Waals surface area contributed by atoms with Gasteiger partial charge >= 0.3 is 0 Å². The number of aliphatic hydroxyl groups is 1. The van der Waals surface area contributed by atoms with Crippen molar-refractivity contribution < 1.29 is 5.11 Å². The molecule has 0 saturated carbocycles. The van der Waals surface area contributed by atoms with E-state index in [1.165, 1.54) is 5.56 Å². The zero-order valence-corrected chi connectivity index (χ0v) is 9.26. The third kappa shape index (κ3) is 2.58. The van der Waals surface area contributed by atoms with Gasteiger partial charge in [-0.05, 0) is 11.5 Å². The number of nitrogens with zero attached hydrogens (tertiary/aromatic N) is 1. The van der Waals surface area contributed by atoms with Crippen molar-refractivity contribution in [3.63, 3.8) is 0 Å². The third-order valence-corrected chi connectivity index (χ3v) is 3.19. The van der Waals surface area contributed by atoms with Gasteiger partial charge in [0.15, 0.2) is 0 Å². The highest BCUT2D eigenvalue weighted by Crippen LogP contribution is 2.21. The summed E-state index contributed by atoms with van der Waals surface area (Å²) in [6.45, 7) is 5.85. The molecule has 82 valence electrons. The van der Waals surface area contributed by atoms with Crippen LogP contribution in [0.15, 0.2) is 30.3 Å². The van der Waals surface area contributed by atoms with Gasteiger partial charge in [-0.15, -0.1) is 0 Å². The van der Waals surface area contributed by atoms with Gasteiger partial charge in [0, 0.05) is 32.2 Å². The molecule has 2 heteroatoms. The highest BCUT2D eigenvalue weighted by molar-refractivity contribution is 5.19. The lowest BCUT2D eigenvalue weighted by Crippen LogP contribution is -2.49. The van der Waals surface area contributed by atoms with Gasteiger partial charge in [-0.25, -0.2) is 0 Å². The summed E-state index contributed by atoms with van der Waals surface area (Å²) in [5, 5.41) is 8.93. The maximum absolute atomic E-state index is 8.93. The second-order valence-electron chi connectivity index (χ2n) is 4.58. The largest absolute Gasteiger partial charge is 0.396 e. The molecule has 1 atom stereocenters. The molecule has 15 heavy (non-hydrogen) atoms. The Morgan fingerprint density at radius 1 is 1.33 bits per heavy atom. The van der Waals surface area contributed by atoms with Gasteiger partial charge in [-0.3, -0.25) is 0 Å². The summed E-state index contributed by atoms with van der Waals surface area (Å²) < 4.78 is 0. The van der Waals surface area contributed by atoms with Crippen LogP contribution in [-0.2, 0) is 0 Å². The first-order valence-corrected chi connectivity index (χ1v) is 5.67.